The highest BCUT2D eigenvalue weighted by Gasteiger charge is 2.40. The van der Waals surface area contributed by atoms with E-state index in [1.54, 1.807) is 65.7 Å². The number of anilines is 1. The van der Waals surface area contributed by atoms with Gasteiger partial charge in [-0.05, 0) is 125 Å². The lowest BCUT2D eigenvalue weighted by molar-refractivity contribution is -0.156. The summed E-state index contributed by atoms with van der Waals surface area (Å²) < 4.78 is 151. The van der Waals surface area contributed by atoms with Gasteiger partial charge in [0.2, 0.25) is 17.5 Å². The van der Waals surface area contributed by atoms with Gasteiger partial charge in [-0.2, -0.15) is 26.3 Å². The van der Waals surface area contributed by atoms with E-state index in [1.807, 2.05) is 46.1 Å². The van der Waals surface area contributed by atoms with Crippen LogP contribution in [0.25, 0.3) is 33.1 Å². The lowest BCUT2D eigenvalue weighted by atomic mass is 10.00. The maximum absolute atomic E-state index is 12.7. The SMILES string of the molecule is CC(=O)c1cnc(Cl)nc1C(F)(F)F.CC(=O)c1cnc(N2CCn3c(nc4ccc(S(C)(=O)=O)cc43)C2C(C)C)nc1C.CC(C)C1NCCn2c1nc1ccc(S(C)(=O)=O)cc12.CC(C)C1c2nc3ccc(S(C)(=O)=O)cc3n2CCN1C(=O)OC(C)(C)C.O=CC(F)(F)F. The average molecular weight is 1440 g/mol. The van der Waals surface area contributed by atoms with E-state index < -0.39 is 76.1 Å². The van der Waals surface area contributed by atoms with Gasteiger partial charge in [-0.1, -0.05) is 41.5 Å². The van der Waals surface area contributed by atoms with E-state index in [-0.39, 0.29) is 46.7 Å². The van der Waals surface area contributed by atoms with Crippen LogP contribution < -0.4 is 10.2 Å². The zero-order valence-corrected chi connectivity index (χ0v) is 59.1. The number of hydrogen-bond acceptors (Lipinski definition) is 20. The van der Waals surface area contributed by atoms with Crippen molar-refractivity contribution in [2.45, 2.75) is 153 Å². The van der Waals surface area contributed by atoms with Crippen LogP contribution in [-0.2, 0) is 64.9 Å². The largest absolute Gasteiger partial charge is 0.446 e. The van der Waals surface area contributed by atoms with Gasteiger partial charge in [0.25, 0.3) is 0 Å². The number of ketones is 2. The Kier molecular flexibility index (Phi) is 23.0. The first-order valence-electron chi connectivity index (χ1n) is 30.3. The van der Waals surface area contributed by atoms with Crippen LogP contribution in [0.15, 0.2) is 81.7 Å². The summed E-state index contributed by atoms with van der Waals surface area (Å²) in [6.45, 7) is 26.5. The minimum absolute atomic E-state index is 0.0541. The second-order valence-electron chi connectivity index (χ2n) is 25.4. The van der Waals surface area contributed by atoms with Crippen LogP contribution in [0.3, 0.4) is 0 Å². The van der Waals surface area contributed by atoms with Gasteiger partial charge in [0.05, 0.1) is 82.7 Å². The number of Topliss-reactive ketones (excluding diaryl/α,β-unsaturated/α-hetero) is 2. The number of halogens is 7. The van der Waals surface area contributed by atoms with Crippen LogP contribution in [0.5, 0.6) is 0 Å². The predicted octanol–water partition coefficient (Wildman–Crippen LogP) is 11.2. The molecule has 3 aromatic carbocycles. The number of sulfone groups is 3. The van der Waals surface area contributed by atoms with E-state index in [0.29, 0.717) is 59.1 Å². The van der Waals surface area contributed by atoms with Crippen molar-refractivity contribution < 1.29 is 75.5 Å². The van der Waals surface area contributed by atoms with Crippen LogP contribution in [0, 0.1) is 24.7 Å². The molecule has 11 rings (SSSR count). The molecule has 24 nitrogen and oxygen atoms in total. The molecule has 34 heteroatoms. The molecule has 0 radical (unpaired) electrons. The summed E-state index contributed by atoms with van der Waals surface area (Å²) >= 11 is 5.19. The lowest BCUT2D eigenvalue weighted by Crippen LogP contribution is -2.46. The molecule has 3 aliphatic heterocycles. The highest BCUT2D eigenvalue weighted by atomic mass is 35.5. The van der Waals surface area contributed by atoms with Gasteiger partial charge in [0, 0.05) is 70.4 Å². The predicted molar refractivity (Wildman–Crippen MR) is 350 cm³/mol. The number of rotatable bonds is 9. The van der Waals surface area contributed by atoms with E-state index in [1.165, 1.54) is 25.7 Å². The Balaban J connectivity index is 0.000000182. The summed E-state index contributed by atoms with van der Waals surface area (Å²) in [6, 6.07) is 15.1. The van der Waals surface area contributed by atoms with Crippen LogP contribution >= 0.6 is 11.6 Å². The van der Waals surface area contributed by atoms with Gasteiger partial charge >= 0.3 is 18.4 Å². The third kappa shape index (κ3) is 18.2. The van der Waals surface area contributed by atoms with Gasteiger partial charge in [0.15, 0.2) is 46.8 Å². The number of carbonyl (C=O) groups excluding carboxylic acids is 4. The molecule has 3 aliphatic rings. The summed E-state index contributed by atoms with van der Waals surface area (Å²) in [6.07, 6.45) is -4.75. The van der Waals surface area contributed by atoms with E-state index >= 15 is 0 Å². The number of nitrogens with zero attached hydrogens (tertiary/aromatic N) is 12. The number of nitrogens with one attached hydrogen (secondary N) is 1. The van der Waals surface area contributed by atoms with E-state index in [0.717, 1.165) is 76.8 Å². The Labute approximate surface area is 562 Å². The Morgan fingerprint density at radius 1 is 0.598 bits per heavy atom. The number of aryl methyl sites for hydroxylation is 1. The van der Waals surface area contributed by atoms with Crippen LogP contribution in [0.4, 0.5) is 37.1 Å². The highest BCUT2D eigenvalue weighted by Crippen LogP contribution is 2.39. The molecule has 8 aromatic rings. The van der Waals surface area contributed by atoms with Crippen molar-refractivity contribution in [3.05, 3.63) is 112 Å². The number of carbonyl (C=O) groups is 4. The number of fused-ring (bicyclic) bond motifs is 9. The normalized spacial score (nSPS) is 16.6. The number of ether oxygens (including phenoxy) is 1. The second kappa shape index (κ2) is 29.2. The molecule has 0 aliphatic carbocycles. The standard InChI is InChI=1S/C21H25N5O3S.C19H27N3O4S.C14H19N3O2S.C7H4ClF3N2O.C2HF3O/c1-12(2)19-20-24-17-7-6-15(30(5,28)29)10-18(17)25(20)8-9-26(19)21-22-11-16(14(4)27)13(3)23-21;1-12(2)16-17-20-14-8-7-13(27(6,24)25)11-15(14)21(17)9-10-22(16)18(23)26-19(3,4)5;1-9(2)13-14-16-11-5-4-10(20(3,18)19)8-12(11)17(14)7-6-15-13;1-3(14)4-2-12-6(8)13-5(4)7(9,10)11;3-2(4,5)1-6/h6-7,10-12,19H,8-9H2,1-5H3;7-8,11-12,16H,9-10H2,1-6H3;4-5,8-9,13,15H,6-7H2,1-3H3;2H,1H3;1H. The molecule has 0 spiro atoms. The van der Waals surface area contributed by atoms with E-state index in [9.17, 15) is 66.0 Å². The van der Waals surface area contributed by atoms with Crippen molar-refractivity contribution in [1.82, 2.24) is 58.8 Å². The molecule has 0 saturated carbocycles. The second-order valence-corrected chi connectivity index (χ2v) is 31.8. The van der Waals surface area contributed by atoms with Gasteiger partial charge in [0.1, 0.15) is 23.1 Å². The highest BCUT2D eigenvalue weighted by molar-refractivity contribution is 7.91. The van der Waals surface area contributed by atoms with Crippen molar-refractivity contribution in [3.8, 4) is 0 Å². The summed E-state index contributed by atoms with van der Waals surface area (Å²) in [5.41, 5.74) is 3.61. The van der Waals surface area contributed by atoms with Crippen LogP contribution in [0.2, 0.25) is 5.28 Å². The monoisotopic (exact) mass is 1440 g/mol. The molecule has 8 heterocycles. The summed E-state index contributed by atoms with van der Waals surface area (Å²) in [4.78, 5) is 78.3. The fraction of sp³-hybridized carbons (Fsp3) is 0.476. The first kappa shape index (κ1) is 76.4. The Morgan fingerprint density at radius 3 is 1.41 bits per heavy atom. The number of amides is 1. The fourth-order valence-corrected chi connectivity index (χ4v) is 13.3. The summed E-state index contributed by atoms with van der Waals surface area (Å²) in [5.74, 6) is 3.19. The van der Waals surface area contributed by atoms with Crippen molar-refractivity contribution in [2.75, 3.05) is 43.3 Å². The van der Waals surface area contributed by atoms with Gasteiger partial charge in [-0.25, -0.2) is 64.9 Å². The van der Waals surface area contributed by atoms with Crippen LogP contribution in [-0.4, -0.2) is 153 Å². The zero-order valence-electron chi connectivity index (χ0n) is 55.9. The Morgan fingerprint density at radius 2 is 1.02 bits per heavy atom. The number of benzene rings is 3. The van der Waals surface area contributed by atoms with Gasteiger partial charge in [-0.15, -0.1) is 0 Å². The van der Waals surface area contributed by atoms with Crippen molar-refractivity contribution in [1.29, 1.82) is 0 Å². The average Bonchev–Trinajstić information content (AvgIpc) is 1.63. The molecular formula is C63H76ClF6N13O11S3. The minimum atomic E-state index is -4.70. The molecule has 0 bridgehead atoms. The Hall–Kier alpha value is -8.01. The number of imidazole rings is 3. The molecule has 5 aromatic heterocycles. The smallest absolute Gasteiger partial charge is 0.444 e. The molecule has 1 N–H and O–H groups in total. The van der Waals surface area contributed by atoms with E-state index in [2.05, 4.69) is 72.0 Å². The number of aromatic nitrogens is 10. The number of hydrogen-bond donors (Lipinski definition) is 1. The summed E-state index contributed by atoms with van der Waals surface area (Å²) in [5, 5.41) is 2.94. The number of alkyl halides is 6. The van der Waals surface area contributed by atoms with Crippen molar-refractivity contribution in [3.63, 3.8) is 0 Å². The first-order valence-corrected chi connectivity index (χ1v) is 36.4. The quantitative estimate of drug-likeness (QED) is 0.0607. The molecule has 1 amide bonds. The molecule has 3 atom stereocenters. The molecular weight excluding hydrogens is 1360 g/mol. The Bertz CT molecular complexity index is 4670. The van der Waals surface area contributed by atoms with Gasteiger partial charge < -0.3 is 28.7 Å². The topological polar surface area (TPSA) is 303 Å². The molecule has 97 heavy (non-hydrogen) atoms. The van der Waals surface area contributed by atoms with Crippen LogP contribution in [0.1, 0.15) is 144 Å². The third-order valence-electron chi connectivity index (χ3n) is 15.5. The van der Waals surface area contributed by atoms with Crippen molar-refractivity contribution >= 4 is 104 Å². The summed E-state index contributed by atoms with van der Waals surface area (Å²) in [7, 11) is -9.78. The maximum atomic E-state index is 12.7. The lowest BCUT2D eigenvalue weighted by Gasteiger charge is -2.38. The first-order chi connectivity index (χ1) is 44.7. The van der Waals surface area contributed by atoms with Gasteiger partial charge in [-0.3, -0.25) is 19.3 Å². The number of aldehydes is 1. The molecule has 0 fully saturated rings. The van der Waals surface area contributed by atoms with Crippen molar-refractivity contribution in [2.24, 2.45) is 17.8 Å². The minimum Gasteiger partial charge on any atom is -0.444 e. The molecule has 526 valence electrons. The molecule has 3 unspecified atom stereocenters. The third-order valence-corrected chi connectivity index (χ3v) is 19.1. The fourth-order valence-electron chi connectivity index (χ4n) is 11.2. The zero-order chi connectivity index (χ0) is 72.6. The maximum Gasteiger partial charge on any atom is 0.446 e. The van der Waals surface area contributed by atoms with E-state index in [4.69, 9.17) is 31.1 Å². The molecule has 0 saturated heterocycles.